The first-order chi connectivity index (χ1) is 3.81. The van der Waals surface area contributed by atoms with Crippen molar-refractivity contribution in [3.05, 3.63) is 0 Å². The summed E-state index contributed by atoms with van der Waals surface area (Å²) < 4.78 is 0. The lowest BCUT2D eigenvalue weighted by Crippen LogP contribution is -2.23. The zero-order chi connectivity index (χ0) is 6.41. The fraction of sp³-hybridized carbons (Fsp3) is 0.800. The summed E-state index contributed by atoms with van der Waals surface area (Å²) in [6.07, 6.45) is 0.809. The molecule has 48 valence electrons. The average molecular weight is 132 g/mol. The van der Waals surface area contributed by atoms with Crippen LogP contribution in [0.15, 0.2) is 0 Å². The van der Waals surface area contributed by atoms with E-state index in [4.69, 9.17) is 18.0 Å². The molecule has 0 heterocycles. The number of thiocarbonyl (C=S) groups is 1. The maximum Gasteiger partial charge on any atom is 0.0765 e. The van der Waals surface area contributed by atoms with Crippen molar-refractivity contribution in [3.8, 4) is 0 Å². The van der Waals surface area contributed by atoms with Gasteiger partial charge in [-0.3, -0.25) is 0 Å². The second-order valence-corrected chi connectivity index (χ2v) is 1.98. The monoisotopic (exact) mass is 132 g/mol. The number of hydrogen-bond donors (Lipinski definition) is 2. The molecule has 0 spiro atoms. The van der Waals surface area contributed by atoms with Crippen molar-refractivity contribution in [1.82, 2.24) is 5.32 Å². The summed E-state index contributed by atoms with van der Waals surface area (Å²) >= 11 is 4.86. The van der Waals surface area contributed by atoms with Gasteiger partial charge in [-0.25, -0.2) is 0 Å². The van der Waals surface area contributed by atoms with Gasteiger partial charge in [0.1, 0.15) is 0 Å². The van der Waals surface area contributed by atoms with Crippen LogP contribution in [0.3, 0.4) is 0 Å². The summed E-state index contributed by atoms with van der Waals surface area (Å²) in [5.74, 6) is 0. The summed E-state index contributed by atoms with van der Waals surface area (Å²) in [5.41, 5.74) is 5.23. The zero-order valence-electron chi connectivity index (χ0n) is 5.11. The molecular weight excluding hydrogens is 120 g/mol. The molecule has 0 aromatic carbocycles. The average Bonchev–Trinajstić information content (AvgIpc) is 1.68. The molecule has 8 heavy (non-hydrogen) atoms. The summed E-state index contributed by atoms with van der Waals surface area (Å²) in [5, 5.41) is 3.00. The molecule has 0 aliphatic rings. The highest BCUT2D eigenvalue weighted by Gasteiger charge is 1.87. The Morgan fingerprint density at radius 2 is 2.38 bits per heavy atom. The van der Waals surface area contributed by atoms with Gasteiger partial charge in [-0.1, -0.05) is 12.2 Å². The van der Waals surface area contributed by atoms with Crippen molar-refractivity contribution >= 4 is 17.2 Å². The zero-order valence-corrected chi connectivity index (χ0v) is 5.92. The summed E-state index contributed by atoms with van der Waals surface area (Å²) in [6.45, 7) is 3.56. The fourth-order valence-electron chi connectivity index (χ4n) is 0.417. The molecular formula is C5H12N2S. The molecule has 0 aliphatic carbocycles. The van der Waals surface area contributed by atoms with E-state index < -0.39 is 0 Å². The van der Waals surface area contributed by atoms with Crippen LogP contribution in [-0.4, -0.2) is 18.1 Å². The third-order valence-electron chi connectivity index (χ3n) is 0.745. The third-order valence-corrected chi connectivity index (χ3v) is 1.09. The molecule has 0 saturated heterocycles. The quantitative estimate of drug-likeness (QED) is 0.541. The molecule has 0 radical (unpaired) electrons. The van der Waals surface area contributed by atoms with Gasteiger partial charge in [-0.15, -0.1) is 0 Å². The van der Waals surface area contributed by atoms with Gasteiger partial charge in [0.25, 0.3) is 0 Å². The molecule has 0 saturated carbocycles. The van der Waals surface area contributed by atoms with Gasteiger partial charge < -0.3 is 11.1 Å². The van der Waals surface area contributed by atoms with Gasteiger partial charge in [0, 0.05) is 13.0 Å². The van der Waals surface area contributed by atoms with Crippen molar-refractivity contribution in [2.24, 2.45) is 5.73 Å². The van der Waals surface area contributed by atoms with Crippen molar-refractivity contribution in [2.75, 3.05) is 13.1 Å². The SMILES string of the molecule is CCNC(=S)CCN. The summed E-state index contributed by atoms with van der Waals surface area (Å²) in [7, 11) is 0. The molecule has 0 atom stereocenters. The second kappa shape index (κ2) is 5.00. The van der Waals surface area contributed by atoms with Crippen LogP contribution in [0.1, 0.15) is 13.3 Å². The van der Waals surface area contributed by atoms with E-state index in [-0.39, 0.29) is 0 Å². The lowest BCUT2D eigenvalue weighted by molar-refractivity contribution is 0.928. The second-order valence-electron chi connectivity index (χ2n) is 1.49. The smallest absolute Gasteiger partial charge is 0.0765 e. The van der Waals surface area contributed by atoms with E-state index in [1.54, 1.807) is 0 Å². The highest BCUT2D eigenvalue weighted by atomic mass is 32.1. The first-order valence-corrected chi connectivity index (χ1v) is 3.18. The molecule has 0 aliphatic heterocycles. The molecule has 0 rings (SSSR count). The first kappa shape index (κ1) is 7.85. The van der Waals surface area contributed by atoms with Crippen molar-refractivity contribution in [1.29, 1.82) is 0 Å². The molecule has 3 N–H and O–H groups in total. The summed E-state index contributed by atoms with van der Waals surface area (Å²) in [6, 6.07) is 0. The minimum Gasteiger partial charge on any atom is -0.380 e. The first-order valence-electron chi connectivity index (χ1n) is 2.78. The van der Waals surface area contributed by atoms with Gasteiger partial charge in [0.2, 0.25) is 0 Å². The van der Waals surface area contributed by atoms with Crippen LogP contribution < -0.4 is 11.1 Å². The Kier molecular flexibility index (Phi) is 4.90. The van der Waals surface area contributed by atoms with Gasteiger partial charge >= 0.3 is 0 Å². The van der Waals surface area contributed by atoms with Crippen molar-refractivity contribution < 1.29 is 0 Å². The van der Waals surface area contributed by atoms with E-state index in [2.05, 4.69) is 5.32 Å². The van der Waals surface area contributed by atoms with Gasteiger partial charge in [-0.2, -0.15) is 0 Å². The Balaban J connectivity index is 3.06. The number of nitrogens with one attached hydrogen (secondary N) is 1. The molecule has 0 aromatic heterocycles. The van der Waals surface area contributed by atoms with E-state index >= 15 is 0 Å². The molecule has 0 fully saturated rings. The van der Waals surface area contributed by atoms with Crippen LogP contribution in [0.5, 0.6) is 0 Å². The topological polar surface area (TPSA) is 38.0 Å². The van der Waals surface area contributed by atoms with Crippen LogP contribution in [0, 0.1) is 0 Å². The van der Waals surface area contributed by atoms with Crippen LogP contribution in [0.4, 0.5) is 0 Å². The van der Waals surface area contributed by atoms with E-state index in [0.717, 1.165) is 18.0 Å². The third kappa shape index (κ3) is 4.02. The van der Waals surface area contributed by atoms with Crippen LogP contribution in [0.25, 0.3) is 0 Å². The summed E-state index contributed by atoms with van der Waals surface area (Å²) in [4.78, 5) is 0.870. The molecule has 0 bridgehead atoms. The van der Waals surface area contributed by atoms with Gasteiger partial charge in [-0.05, 0) is 13.5 Å². The predicted octanol–water partition coefficient (Wildman–Crippen LogP) is 0.272. The maximum absolute atomic E-state index is 5.23. The normalized spacial score (nSPS) is 8.75. The van der Waals surface area contributed by atoms with E-state index in [1.807, 2.05) is 6.92 Å². The van der Waals surface area contributed by atoms with Crippen molar-refractivity contribution in [3.63, 3.8) is 0 Å². The molecule has 0 amide bonds. The lowest BCUT2D eigenvalue weighted by atomic mass is 10.4. The molecule has 3 heteroatoms. The minimum absolute atomic E-state index is 0.645. The van der Waals surface area contributed by atoms with Crippen molar-refractivity contribution in [2.45, 2.75) is 13.3 Å². The van der Waals surface area contributed by atoms with Gasteiger partial charge in [0.15, 0.2) is 0 Å². The Morgan fingerprint density at radius 3 is 2.75 bits per heavy atom. The lowest BCUT2D eigenvalue weighted by Gasteiger charge is -2.00. The Morgan fingerprint density at radius 1 is 1.75 bits per heavy atom. The minimum atomic E-state index is 0.645. The highest BCUT2D eigenvalue weighted by Crippen LogP contribution is 1.76. The number of nitrogens with two attached hydrogens (primary N) is 1. The Bertz CT molecular complexity index is 64.8. The van der Waals surface area contributed by atoms with E-state index in [9.17, 15) is 0 Å². The number of hydrogen-bond acceptors (Lipinski definition) is 2. The molecule has 2 nitrogen and oxygen atoms in total. The van der Waals surface area contributed by atoms with Crippen LogP contribution in [-0.2, 0) is 0 Å². The molecule has 0 aromatic rings. The number of rotatable bonds is 3. The largest absolute Gasteiger partial charge is 0.380 e. The van der Waals surface area contributed by atoms with Crippen LogP contribution in [0.2, 0.25) is 0 Å². The standard InChI is InChI=1S/C5H12N2S/c1-2-7-5(8)3-4-6/h2-4,6H2,1H3,(H,7,8). The Hall–Kier alpha value is -0.150. The highest BCUT2D eigenvalue weighted by molar-refractivity contribution is 7.80. The molecule has 0 unspecified atom stereocenters. The Labute approximate surface area is 55.4 Å². The predicted molar refractivity (Wildman–Crippen MR) is 39.9 cm³/mol. The maximum atomic E-state index is 5.23. The van der Waals surface area contributed by atoms with E-state index in [0.29, 0.717) is 6.54 Å². The fourth-order valence-corrected chi connectivity index (χ4v) is 0.679. The van der Waals surface area contributed by atoms with E-state index in [1.165, 1.54) is 0 Å². The van der Waals surface area contributed by atoms with Crippen LogP contribution >= 0.6 is 12.2 Å². The van der Waals surface area contributed by atoms with Gasteiger partial charge in [0.05, 0.1) is 4.99 Å².